The second-order valence-electron chi connectivity index (χ2n) is 6.27. The molecule has 2 N–H and O–H groups in total. The van der Waals surface area contributed by atoms with Gasteiger partial charge in [0.25, 0.3) is 5.91 Å². The van der Waals surface area contributed by atoms with Crippen molar-refractivity contribution in [1.29, 1.82) is 0 Å². The average Bonchev–Trinajstić information content (AvgIpc) is 2.58. The number of hydrogen-bond acceptors (Lipinski definition) is 2. The molecule has 0 aliphatic carbocycles. The molecular weight excluding hydrogens is 300 g/mol. The van der Waals surface area contributed by atoms with Gasteiger partial charge in [-0.1, -0.05) is 61.9 Å². The molecule has 0 aliphatic heterocycles. The molecule has 0 aromatic heterocycles. The molecule has 2 aromatic carbocycles. The third-order valence-corrected chi connectivity index (χ3v) is 3.83. The van der Waals surface area contributed by atoms with E-state index in [0.717, 1.165) is 11.1 Å². The monoisotopic (exact) mass is 324 g/mol. The largest absolute Gasteiger partial charge is 0.350 e. The Morgan fingerprint density at radius 1 is 1.00 bits per heavy atom. The van der Waals surface area contributed by atoms with Crippen LogP contribution in [0.15, 0.2) is 54.6 Å². The van der Waals surface area contributed by atoms with Gasteiger partial charge in [-0.25, -0.2) is 0 Å². The topological polar surface area (TPSA) is 58.2 Å². The van der Waals surface area contributed by atoms with Crippen molar-refractivity contribution in [3.05, 3.63) is 71.3 Å². The lowest BCUT2D eigenvalue weighted by molar-refractivity contribution is -0.124. The van der Waals surface area contributed by atoms with Crippen LogP contribution in [-0.2, 0) is 11.3 Å². The molecule has 24 heavy (non-hydrogen) atoms. The number of carbonyl (C=O) groups excluding carboxylic acids is 2. The van der Waals surface area contributed by atoms with Gasteiger partial charge in [-0.3, -0.25) is 9.59 Å². The SMILES string of the molecule is Cc1cccc(C(=O)NC(C(=O)NCc2ccccc2)C(C)C)c1. The van der Waals surface area contributed by atoms with Gasteiger partial charge < -0.3 is 10.6 Å². The van der Waals surface area contributed by atoms with Gasteiger partial charge in [0.1, 0.15) is 6.04 Å². The van der Waals surface area contributed by atoms with E-state index in [2.05, 4.69) is 10.6 Å². The molecular formula is C20H24N2O2. The molecule has 1 unspecified atom stereocenters. The van der Waals surface area contributed by atoms with Crippen molar-refractivity contribution in [2.24, 2.45) is 5.92 Å². The summed E-state index contributed by atoms with van der Waals surface area (Å²) in [5, 5.41) is 5.74. The van der Waals surface area contributed by atoms with Crippen molar-refractivity contribution in [2.75, 3.05) is 0 Å². The third kappa shape index (κ3) is 4.95. The van der Waals surface area contributed by atoms with Crippen molar-refractivity contribution < 1.29 is 9.59 Å². The normalized spacial score (nSPS) is 11.8. The fraction of sp³-hybridized carbons (Fsp3) is 0.300. The standard InChI is InChI=1S/C20H24N2O2/c1-14(2)18(20(24)21-13-16-9-5-4-6-10-16)22-19(23)17-11-7-8-15(3)12-17/h4-12,14,18H,13H2,1-3H3,(H,21,24)(H,22,23). The Balaban J connectivity index is 2.00. The number of aryl methyl sites for hydroxylation is 1. The molecule has 0 saturated carbocycles. The fourth-order valence-electron chi connectivity index (χ4n) is 2.44. The molecule has 4 nitrogen and oxygen atoms in total. The van der Waals surface area contributed by atoms with Crippen molar-refractivity contribution in [2.45, 2.75) is 33.4 Å². The van der Waals surface area contributed by atoms with E-state index < -0.39 is 6.04 Å². The molecule has 1 atom stereocenters. The minimum Gasteiger partial charge on any atom is -0.350 e. The lowest BCUT2D eigenvalue weighted by atomic mass is 10.0. The van der Waals surface area contributed by atoms with Crippen LogP contribution in [0.3, 0.4) is 0 Å². The van der Waals surface area contributed by atoms with E-state index in [1.165, 1.54) is 0 Å². The van der Waals surface area contributed by atoms with E-state index in [-0.39, 0.29) is 17.7 Å². The molecule has 0 heterocycles. The minimum absolute atomic E-state index is 0.00506. The van der Waals surface area contributed by atoms with E-state index >= 15 is 0 Å². The van der Waals surface area contributed by atoms with E-state index in [4.69, 9.17) is 0 Å². The lowest BCUT2D eigenvalue weighted by Gasteiger charge is -2.22. The first-order valence-electron chi connectivity index (χ1n) is 8.16. The summed E-state index contributed by atoms with van der Waals surface area (Å²) in [7, 11) is 0. The zero-order valence-electron chi connectivity index (χ0n) is 14.4. The third-order valence-electron chi connectivity index (χ3n) is 3.83. The van der Waals surface area contributed by atoms with Gasteiger partial charge in [-0.2, -0.15) is 0 Å². The highest BCUT2D eigenvalue weighted by Gasteiger charge is 2.24. The van der Waals surface area contributed by atoms with Crippen LogP contribution in [0.2, 0.25) is 0 Å². The maximum atomic E-state index is 12.5. The molecule has 2 aromatic rings. The summed E-state index contributed by atoms with van der Waals surface area (Å²) in [6.45, 7) is 6.22. The molecule has 0 bridgehead atoms. The summed E-state index contributed by atoms with van der Waals surface area (Å²) >= 11 is 0. The molecule has 0 spiro atoms. The van der Waals surface area contributed by atoms with Crippen molar-refractivity contribution >= 4 is 11.8 Å². The van der Waals surface area contributed by atoms with Crippen molar-refractivity contribution in [3.8, 4) is 0 Å². The van der Waals surface area contributed by atoms with Gasteiger partial charge in [-0.15, -0.1) is 0 Å². The molecule has 2 rings (SSSR count). The molecule has 4 heteroatoms. The number of nitrogens with one attached hydrogen (secondary N) is 2. The van der Waals surface area contributed by atoms with Crippen LogP contribution in [0.5, 0.6) is 0 Å². The van der Waals surface area contributed by atoms with Crippen LogP contribution < -0.4 is 10.6 Å². The number of benzene rings is 2. The second-order valence-corrected chi connectivity index (χ2v) is 6.27. The van der Waals surface area contributed by atoms with Gasteiger partial charge in [0.05, 0.1) is 0 Å². The second kappa shape index (κ2) is 8.29. The number of carbonyl (C=O) groups is 2. The maximum absolute atomic E-state index is 12.5. The molecule has 126 valence electrons. The average molecular weight is 324 g/mol. The highest BCUT2D eigenvalue weighted by Crippen LogP contribution is 2.08. The number of rotatable bonds is 6. The van der Waals surface area contributed by atoms with Crippen LogP contribution >= 0.6 is 0 Å². The lowest BCUT2D eigenvalue weighted by Crippen LogP contribution is -2.49. The summed E-state index contributed by atoms with van der Waals surface area (Å²) in [4.78, 5) is 24.9. The summed E-state index contributed by atoms with van der Waals surface area (Å²) in [5.41, 5.74) is 2.60. The summed E-state index contributed by atoms with van der Waals surface area (Å²) in [5.74, 6) is -0.406. The summed E-state index contributed by atoms with van der Waals surface area (Å²) in [6.07, 6.45) is 0. The van der Waals surface area contributed by atoms with Crippen LogP contribution in [0.4, 0.5) is 0 Å². The smallest absolute Gasteiger partial charge is 0.251 e. The van der Waals surface area contributed by atoms with Gasteiger partial charge in [0, 0.05) is 12.1 Å². The highest BCUT2D eigenvalue weighted by molar-refractivity contribution is 5.97. The summed E-state index contributed by atoms with van der Waals surface area (Å²) in [6, 6.07) is 16.5. The van der Waals surface area contributed by atoms with Gasteiger partial charge in [0.15, 0.2) is 0 Å². The van der Waals surface area contributed by atoms with Gasteiger partial charge in [0.2, 0.25) is 5.91 Å². The first kappa shape index (κ1) is 17.7. The fourth-order valence-corrected chi connectivity index (χ4v) is 2.44. The maximum Gasteiger partial charge on any atom is 0.251 e. The number of hydrogen-bond donors (Lipinski definition) is 2. The predicted molar refractivity (Wildman–Crippen MR) is 95.6 cm³/mol. The zero-order valence-corrected chi connectivity index (χ0v) is 14.4. The Morgan fingerprint density at radius 3 is 2.33 bits per heavy atom. The molecule has 0 saturated heterocycles. The molecule has 0 fully saturated rings. The zero-order chi connectivity index (χ0) is 17.5. The summed E-state index contributed by atoms with van der Waals surface area (Å²) < 4.78 is 0. The molecule has 0 radical (unpaired) electrons. The Labute approximate surface area is 143 Å². The van der Waals surface area contributed by atoms with Crippen molar-refractivity contribution in [1.82, 2.24) is 10.6 Å². The molecule has 2 amide bonds. The Morgan fingerprint density at radius 2 is 1.71 bits per heavy atom. The van der Waals surface area contributed by atoms with Crippen LogP contribution in [0.1, 0.15) is 35.3 Å². The predicted octanol–water partition coefficient (Wildman–Crippen LogP) is 3.07. The van der Waals surface area contributed by atoms with Gasteiger partial charge in [-0.05, 0) is 30.5 Å². The van der Waals surface area contributed by atoms with Crippen molar-refractivity contribution in [3.63, 3.8) is 0 Å². The quantitative estimate of drug-likeness (QED) is 0.858. The minimum atomic E-state index is -0.568. The van der Waals surface area contributed by atoms with E-state index in [0.29, 0.717) is 12.1 Å². The Kier molecular flexibility index (Phi) is 6.13. The molecule has 0 aliphatic rings. The first-order chi connectivity index (χ1) is 11.5. The number of amides is 2. The van der Waals surface area contributed by atoms with Gasteiger partial charge >= 0.3 is 0 Å². The Hall–Kier alpha value is -2.62. The van der Waals surface area contributed by atoms with Crippen LogP contribution in [0.25, 0.3) is 0 Å². The van der Waals surface area contributed by atoms with Crippen LogP contribution in [0, 0.1) is 12.8 Å². The van der Waals surface area contributed by atoms with E-state index in [1.807, 2.05) is 69.3 Å². The first-order valence-corrected chi connectivity index (χ1v) is 8.16. The van der Waals surface area contributed by atoms with Crippen LogP contribution in [-0.4, -0.2) is 17.9 Å². The van der Waals surface area contributed by atoms with E-state index in [9.17, 15) is 9.59 Å². The highest BCUT2D eigenvalue weighted by atomic mass is 16.2. The Bertz CT molecular complexity index is 696. The van der Waals surface area contributed by atoms with E-state index in [1.54, 1.807) is 6.07 Å².